The highest BCUT2D eigenvalue weighted by molar-refractivity contribution is 9.11. The van der Waals surface area contributed by atoms with Crippen LogP contribution in [-0.2, 0) is 0 Å². The summed E-state index contributed by atoms with van der Waals surface area (Å²) in [4.78, 5) is 0. The minimum absolute atomic E-state index is 0.138. The van der Waals surface area contributed by atoms with Gasteiger partial charge in [-0.1, -0.05) is 40.2 Å². The molecule has 0 fully saturated rings. The molecule has 2 aromatic rings. The molecule has 2 rings (SSSR count). The van der Waals surface area contributed by atoms with E-state index < -0.39 is 11.6 Å². The maximum atomic E-state index is 13.4. The van der Waals surface area contributed by atoms with Crippen molar-refractivity contribution < 1.29 is 8.78 Å². The van der Waals surface area contributed by atoms with Crippen LogP contribution in [0.25, 0.3) is 11.1 Å². The molecule has 0 spiro atoms. The molecule has 0 amide bonds. The van der Waals surface area contributed by atoms with Gasteiger partial charge < -0.3 is 0 Å². The Labute approximate surface area is 109 Å². The van der Waals surface area contributed by atoms with Crippen LogP contribution in [0.2, 0.25) is 0 Å². The van der Waals surface area contributed by atoms with Gasteiger partial charge >= 0.3 is 0 Å². The first-order valence-corrected chi connectivity index (χ1v) is 6.08. The molecule has 2 aromatic carbocycles. The fraction of sp³-hybridized carbons (Fsp3) is 0. The Morgan fingerprint density at radius 1 is 0.812 bits per heavy atom. The molecule has 0 nitrogen and oxygen atoms in total. The van der Waals surface area contributed by atoms with E-state index in [-0.39, 0.29) is 4.47 Å². The Morgan fingerprint density at radius 3 is 2.19 bits per heavy atom. The van der Waals surface area contributed by atoms with Crippen molar-refractivity contribution in [3.8, 4) is 11.1 Å². The van der Waals surface area contributed by atoms with Crippen molar-refractivity contribution in [3.05, 3.63) is 57.0 Å². The summed E-state index contributed by atoms with van der Waals surface area (Å²) in [6.07, 6.45) is 0. The summed E-state index contributed by atoms with van der Waals surface area (Å²) in [5, 5.41) is 0. The molecule has 0 aliphatic rings. The third-order valence-electron chi connectivity index (χ3n) is 2.20. The van der Waals surface area contributed by atoms with Crippen molar-refractivity contribution >= 4 is 31.9 Å². The Kier molecular flexibility index (Phi) is 3.40. The largest absolute Gasteiger partial charge is 0.204 e. The van der Waals surface area contributed by atoms with Crippen molar-refractivity contribution in [2.75, 3.05) is 0 Å². The maximum Gasteiger partial charge on any atom is 0.173 e. The minimum atomic E-state index is -0.867. The van der Waals surface area contributed by atoms with Crippen molar-refractivity contribution in [1.29, 1.82) is 0 Å². The van der Waals surface area contributed by atoms with Crippen LogP contribution < -0.4 is 0 Å². The molecular formula is C12H6Br2F2. The second-order valence-electron chi connectivity index (χ2n) is 3.20. The van der Waals surface area contributed by atoms with Gasteiger partial charge in [-0.3, -0.25) is 0 Å². The summed E-state index contributed by atoms with van der Waals surface area (Å²) in [6.45, 7) is 0. The van der Waals surface area contributed by atoms with Crippen molar-refractivity contribution in [1.82, 2.24) is 0 Å². The van der Waals surface area contributed by atoms with Crippen LogP contribution in [0.1, 0.15) is 0 Å². The third-order valence-corrected chi connectivity index (χ3v) is 3.67. The van der Waals surface area contributed by atoms with Gasteiger partial charge in [0.25, 0.3) is 0 Å². The normalized spacial score (nSPS) is 10.5. The lowest BCUT2D eigenvalue weighted by Crippen LogP contribution is -1.89. The lowest BCUT2D eigenvalue weighted by atomic mass is 10.1. The molecule has 0 aromatic heterocycles. The molecule has 4 heteroatoms. The number of hydrogen-bond donors (Lipinski definition) is 0. The van der Waals surface area contributed by atoms with E-state index in [9.17, 15) is 8.78 Å². The molecule has 16 heavy (non-hydrogen) atoms. The Balaban J connectivity index is 2.66. The molecule has 0 saturated heterocycles. The highest BCUT2D eigenvalue weighted by Gasteiger charge is 2.13. The molecule has 0 aliphatic carbocycles. The van der Waals surface area contributed by atoms with Crippen LogP contribution in [0.15, 0.2) is 45.3 Å². The lowest BCUT2D eigenvalue weighted by molar-refractivity contribution is 0.505. The third kappa shape index (κ3) is 2.04. The fourth-order valence-corrected chi connectivity index (χ4v) is 2.45. The van der Waals surface area contributed by atoms with Gasteiger partial charge in [0.15, 0.2) is 11.6 Å². The molecule has 0 bridgehead atoms. The zero-order valence-electron chi connectivity index (χ0n) is 7.98. The number of hydrogen-bond acceptors (Lipinski definition) is 0. The van der Waals surface area contributed by atoms with E-state index in [0.29, 0.717) is 5.56 Å². The first-order valence-electron chi connectivity index (χ1n) is 4.49. The molecule has 0 saturated carbocycles. The van der Waals surface area contributed by atoms with Crippen LogP contribution in [0.5, 0.6) is 0 Å². The molecule has 82 valence electrons. The summed E-state index contributed by atoms with van der Waals surface area (Å²) in [5.41, 5.74) is 1.43. The van der Waals surface area contributed by atoms with Gasteiger partial charge in [-0.25, -0.2) is 8.78 Å². The van der Waals surface area contributed by atoms with E-state index in [2.05, 4.69) is 31.9 Å². The molecular weight excluding hydrogens is 342 g/mol. The first kappa shape index (κ1) is 11.7. The number of halogens is 4. The van der Waals surface area contributed by atoms with Gasteiger partial charge in [-0.2, -0.15) is 0 Å². The lowest BCUT2D eigenvalue weighted by Gasteiger charge is -2.08. The molecule has 0 aliphatic heterocycles. The van der Waals surface area contributed by atoms with E-state index in [1.165, 1.54) is 0 Å². The van der Waals surface area contributed by atoms with Gasteiger partial charge in [0.2, 0.25) is 0 Å². The van der Waals surface area contributed by atoms with E-state index in [0.717, 1.165) is 16.1 Å². The zero-order valence-corrected chi connectivity index (χ0v) is 11.1. The van der Waals surface area contributed by atoms with Crippen LogP contribution in [0, 0.1) is 11.6 Å². The second-order valence-corrected chi connectivity index (χ2v) is 4.85. The Hall–Kier alpha value is -0.740. The quantitative estimate of drug-likeness (QED) is 0.625. The summed E-state index contributed by atoms with van der Waals surface area (Å²) in [7, 11) is 0. The van der Waals surface area contributed by atoms with Crippen molar-refractivity contribution in [2.24, 2.45) is 0 Å². The number of benzene rings is 2. The SMILES string of the molecule is Fc1ccc(-c2ccccc2Br)c(Br)c1F. The van der Waals surface area contributed by atoms with Crippen LogP contribution in [0.3, 0.4) is 0 Å². The number of rotatable bonds is 1. The van der Waals surface area contributed by atoms with E-state index in [1.807, 2.05) is 24.3 Å². The molecule has 0 heterocycles. The minimum Gasteiger partial charge on any atom is -0.204 e. The van der Waals surface area contributed by atoms with Gasteiger partial charge in [-0.05, 0) is 33.6 Å². The Bertz CT molecular complexity index is 539. The summed E-state index contributed by atoms with van der Waals surface area (Å²) < 4.78 is 27.3. The molecule has 0 atom stereocenters. The van der Waals surface area contributed by atoms with Gasteiger partial charge in [-0.15, -0.1) is 0 Å². The molecule has 0 radical (unpaired) electrons. The van der Waals surface area contributed by atoms with Gasteiger partial charge in [0.1, 0.15) is 0 Å². The maximum absolute atomic E-state index is 13.4. The van der Waals surface area contributed by atoms with Crippen molar-refractivity contribution in [3.63, 3.8) is 0 Å². The smallest absolute Gasteiger partial charge is 0.173 e. The topological polar surface area (TPSA) is 0 Å². The highest BCUT2D eigenvalue weighted by Crippen LogP contribution is 2.35. The van der Waals surface area contributed by atoms with Crippen LogP contribution in [0.4, 0.5) is 8.78 Å². The van der Waals surface area contributed by atoms with Gasteiger partial charge in [0.05, 0.1) is 4.47 Å². The standard InChI is InChI=1S/C12H6Br2F2/c13-9-4-2-1-3-7(9)8-5-6-10(15)12(16)11(8)14/h1-6H. The average molecular weight is 348 g/mol. The predicted molar refractivity (Wildman–Crippen MR) is 67.2 cm³/mol. The average Bonchev–Trinajstić information content (AvgIpc) is 2.28. The van der Waals surface area contributed by atoms with E-state index in [4.69, 9.17) is 0 Å². The van der Waals surface area contributed by atoms with Crippen molar-refractivity contribution in [2.45, 2.75) is 0 Å². The summed E-state index contributed by atoms with van der Waals surface area (Å²) >= 11 is 6.44. The monoisotopic (exact) mass is 346 g/mol. The van der Waals surface area contributed by atoms with Gasteiger partial charge in [0, 0.05) is 10.0 Å². The van der Waals surface area contributed by atoms with E-state index >= 15 is 0 Å². The Morgan fingerprint density at radius 2 is 1.50 bits per heavy atom. The molecule has 0 unspecified atom stereocenters. The summed E-state index contributed by atoms with van der Waals surface area (Å²) in [6, 6.07) is 10.1. The zero-order chi connectivity index (χ0) is 11.7. The highest BCUT2D eigenvalue weighted by atomic mass is 79.9. The predicted octanol–water partition coefficient (Wildman–Crippen LogP) is 5.16. The second kappa shape index (κ2) is 4.63. The summed E-state index contributed by atoms with van der Waals surface area (Å²) in [5.74, 6) is -1.73. The van der Waals surface area contributed by atoms with Crippen LogP contribution >= 0.6 is 31.9 Å². The van der Waals surface area contributed by atoms with E-state index in [1.54, 1.807) is 6.07 Å². The van der Waals surface area contributed by atoms with Crippen LogP contribution in [-0.4, -0.2) is 0 Å². The fourth-order valence-electron chi connectivity index (χ4n) is 1.41. The first-order chi connectivity index (χ1) is 7.61. The molecule has 0 N–H and O–H groups in total.